The molecule has 2 aromatic heterocycles. The first-order valence-electron chi connectivity index (χ1n) is 7.38. The fourth-order valence-electron chi connectivity index (χ4n) is 2.60. The second-order valence-corrected chi connectivity index (χ2v) is 6.46. The Kier molecular flexibility index (Phi) is 4.42. The summed E-state index contributed by atoms with van der Waals surface area (Å²) in [7, 11) is 0. The molecule has 2 aromatic rings. The van der Waals surface area contributed by atoms with Crippen molar-refractivity contribution in [2.75, 3.05) is 19.7 Å². The molecule has 7 heteroatoms. The molecule has 0 spiro atoms. The van der Waals surface area contributed by atoms with E-state index in [1.807, 2.05) is 11.8 Å². The van der Waals surface area contributed by atoms with Crippen molar-refractivity contribution in [2.45, 2.75) is 32.6 Å². The molecule has 1 aliphatic rings. The zero-order valence-corrected chi connectivity index (χ0v) is 13.6. The SMILES string of the molecule is Cc1csc([C@H]2CCCN(C(=O)COc3cc(C)on3)C2)n1. The third-order valence-electron chi connectivity index (χ3n) is 3.71. The maximum atomic E-state index is 12.3. The van der Waals surface area contributed by atoms with Gasteiger partial charge in [-0.1, -0.05) is 0 Å². The van der Waals surface area contributed by atoms with Gasteiger partial charge in [-0.15, -0.1) is 11.3 Å². The van der Waals surface area contributed by atoms with Gasteiger partial charge in [0, 0.05) is 36.1 Å². The summed E-state index contributed by atoms with van der Waals surface area (Å²) < 4.78 is 10.3. The van der Waals surface area contributed by atoms with Crippen molar-refractivity contribution in [1.29, 1.82) is 0 Å². The number of piperidine rings is 1. The van der Waals surface area contributed by atoms with Crippen molar-refractivity contribution in [2.24, 2.45) is 0 Å². The fraction of sp³-hybridized carbons (Fsp3) is 0.533. The molecule has 0 N–H and O–H groups in total. The van der Waals surface area contributed by atoms with Gasteiger partial charge in [-0.2, -0.15) is 0 Å². The lowest BCUT2D eigenvalue weighted by Crippen LogP contribution is -2.41. The second-order valence-electron chi connectivity index (χ2n) is 5.57. The lowest BCUT2D eigenvalue weighted by atomic mass is 9.99. The van der Waals surface area contributed by atoms with Crippen molar-refractivity contribution in [1.82, 2.24) is 15.0 Å². The van der Waals surface area contributed by atoms with E-state index in [0.717, 1.165) is 30.1 Å². The molecule has 118 valence electrons. The Bertz CT molecular complexity index is 652. The number of carbonyl (C=O) groups is 1. The molecule has 6 nitrogen and oxygen atoms in total. The molecule has 0 radical (unpaired) electrons. The minimum Gasteiger partial charge on any atom is -0.465 e. The molecule has 1 aliphatic heterocycles. The standard InChI is InChI=1S/C15H19N3O3S/c1-10-9-22-15(16-10)12-4-3-5-18(7-12)14(19)8-20-13-6-11(2)21-17-13/h6,9,12H,3-5,7-8H2,1-2H3/t12-/m0/s1. The maximum Gasteiger partial charge on any atom is 0.260 e. The molecule has 3 heterocycles. The van der Waals surface area contributed by atoms with Gasteiger partial charge < -0.3 is 14.2 Å². The topological polar surface area (TPSA) is 68.5 Å². The Labute approximate surface area is 133 Å². The second kappa shape index (κ2) is 6.48. The number of amides is 1. The van der Waals surface area contributed by atoms with E-state index in [-0.39, 0.29) is 12.5 Å². The summed E-state index contributed by atoms with van der Waals surface area (Å²) in [5.41, 5.74) is 1.05. The number of nitrogens with zero attached hydrogens (tertiary/aromatic N) is 3. The molecular weight excluding hydrogens is 302 g/mol. The Hall–Kier alpha value is -1.89. The van der Waals surface area contributed by atoms with Crippen LogP contribution in [0.4, 0.5) is 0 Å². The first-order valence-corrected chi connectivity index (χ1v) is 8.25. The van der Waals surface area contributed by atoms with Crippen LogP contribution in [-0.2, 0) is 4.79 Å². The Morgan fingerprint density at radius 2 is 2.41 bits per heavy atom. The number of carbonyl (C=O) groups excluding carboxylic acids is 1. The zero-order valence-electron chi connectivity index (χ0n) is 12.7. The molecular formula is C15H19N3O3S. The van der Waals surface area contributed by atoms with E-state index in [1.165, 1.54) is 0 Å². The monoisotopic (exact) mass is 321 g/mol. The highest BCUT2D eigenvalue weighted by Gasteiger charge is 2.26. The van der Waals surface area contributed by atoms with E-state index in [4.69, 9.17) is 9.26 Å². The van der Waals surface area contributed by atoms with Crippen LogP contribution < -0.4 is 4.74 Å². The molecule has 1 atom stereocenters. The Morgan fingerprint density at radius 3 is 3.09 bits per heavy atom. The third-order valence-corrected chi connectivity index (χ3v) is 4.84. The molecule has 22 heavy (non-hydrogen) atoms. The summed E-state index contributed by atoms with van der Waals surface area (Å²) in [6, 6.07) is 1.67. The summed E-state index contributed by atoms with van der Waals surface area (Å²) in [4.78, 5) is 18.7. The quantitative estimate of drug-likeness (QED) is 0.865. The molecule has 1 amide bonds. The average Bonchev–Trinajstić information content (AvgIpc) is 3.13. The molecule has 0 unspecified atom stereocenters. The molecule has 0 aromatic carbocycles. The Morgan fingerprint density at radius 1 is 1.55 bits per heavy atom. The van der Waals surface area contributed by atoms with Gasteiger partial charge in [0.05, 0.1) is 5.01 Å². The number of thiazole rings is 1. The van der Waals surface area contributed by atoms with Gasteiger partial charge >= 0.3 is 0 Å². The number of likely N-dealkylation sites (tertiary alicyclic amines) is 1. The summed E-state index contributed by atoms with van der Waals surface area (Å²) in [5, 5.41) is 6.91. The van der Waals surface area contributed by atoms with E-state index >= 15 is 0 Å². The molecule has 1 fully saturated rings. The predicted octanol–water partition coefficient (Wildman–Crippen LogP) is 2.53. The first kappa shape index (κ1) is 15.0. The largest absolute Gasteiger partial charge is 0.465 e. The molecule has 0 saturated carbocycles. The summed E-state index contributed by atoms with van der Waals surface area (Å²) in [5.74, 6) is 1.35. The fourth-order valence-corrected chi connectivity index (χ4v) is 3.53. The molecule has 0 bridgehead atoms. The van der Waals surface area contributed by atoms with Gasteiger partial charge in [-0.05, 0) is 31.8 Å². The van der Waals surface area contributed by atoms with Crippen LogP contribution in [0.5, 0.6) is 5.88 Å². The van der Waals surface area contributed by atoms with E-state index in [2.05, 4.69) is 15.5 Å². The zero-order chi connectivity index (χ0) is 15.5. The summed E-state index contributed by atoms with van der Waals surface area (Å²) in [6.45, 7) is 5.27. The lowest BCUT2D eigenvalue weighted by molar-refractivity contribution is -0.134. The molecule has 0 aliphatic carbocycles. The average molecular weight is 321 g/mol. The van der Waals surface area contributed by atoms with Crippen LogP contribution in [0, 0.1) is 13.8 Å². The van der Waals surface area contributed by atoms with Gasteiger partial charge in [0.25, 0.3) is 11.8 Å². The highest BCUT2D eigenvalue weighted by Crippen LogP contribution is 2.29. The number of aryl methyl sites for hydroxylation is 2. The molecule has 1 saturated heterocycles. The van der Waals surface area contributed by atoms with Crippen LogP contribution >= 0.6 is 11.3 Å². The highest BCUT2D eigenvalue weighted by molar-refractivity contribution is 7.09. The van der Waals surface area contributed by atoms with Crippen LogP contribution in [0.3, 0.4) is 0 Å². The van der Waals surface area contributed by atoms with Crippen LogP contribution in [0.2, 0.25) is 0 Å². The van der Waals surface area contributed by atoms with Gasteiger partial charge in [0.15, 0.2) is 6.61 Å². The number of rotatable bonds is 4. The Balaban J connectivity index is 1.55. The van der Waals surface area contributed by atoms with Crippen molar-refractivity contribution in [3.63, 3.8) is 0 Å². The van der Waals surface area contributed by atoms with Gasteiger partial charge in [0.1, 0.15) is 5.76 Å². The van der Waals surface area contributed by atoms with Crippen LogP contribution in [-0.4, -0.2) is 40.6 Å². The number of aromatic nitrogens is 2. The third kappa shape index (κ3) is 3.47. The highest BCUT2D eigenvalue weighted by atomic mass is 32.1. The van der Waals surface area contributed by atoms with Crippen molar-refractivity contribution in [3.05, 3.63) is 27.9 Å². The predicted molar refractivity (Wildman–Crippen MR) is 82.1 cm³/mol. The van der Waals surface area contributed by atoms with E-state index in [9.17, 15) is 4.79 Å². The van der Waals surface area contributed by atoms with Crippen LogP contribution in [0.25, 0.3) is 0 Å². The van der Waals surface area contributed by atoms with Gasteiger partial charge in [-0.25, -0.2) is 4.98 Å². The maximum absolute atomic E-state index is 12.3. The number of hydrogen-bond acceptors (Lipinski definition) is 6. The van der Waals surface area contributed by atoms with Crippen LogP contribution in [0.1, 0.15) is 35.2 Å². The van der Waals surface area contributed by atoms with E-state index in [1.54, 1.807) is 24.3 Å². The van der Waals surface area contributed by atoms with Gasteiger partial charge in [0.2, 0.25) is 0 Å². The number of hydrogen-bond donors (Lipinski definition) is 0. The summed E-state index contributed by atoms with van der Waals surface area (Å²) >= 11 is 1.68. The smallest absolute Gasteiger partial charge is 0.260 e. The van der Waals surface area contributed by atoms with Crippen molar-refractivity contribution < 1.29 is 14.1 Å². The summed E-state index contributed by atoms with van der Waals surface area (Å²) in [6.07, 6.45) is 2.08. The van der Waals surface area contributed by atoms with Crippen LogP contribution in [0.15, 0.2) is 16.0 Å². The van der Waals surface area contributed by atoms with Gasteiger partial charge in [-0.3, -0.25) is 4.79 Å². The normalized spacial score (nSPS) is 18.5. The minimum atomic E-state index is -0.0152. The van der Waals surface area contributed by atoms with E-state index in [0.29, 0.717) is 24.1 Å². The minimum absolute atomic E-state index is 0.00437. The van der Waals surface area contributed by atoms with Crippen molar-refractivity contribution in [3.8, 4) is 5.88 Å². The van der Waals surface area contributed by atoms with E-state index < -0.39 is 0 Å². The lowest BCUT2D eigenvalue weighted by Gasteiger charge is -2.31. The molecule has 3 rings (SSSR count). The van der Waals surface area contributed by atoms with Crippen molar-refractivity contribution >= 4 is 17.2 Å². The first-order chi connectivity index (χ1) is 10.6. The number of ether oxygens (including phenoxy) is 1.